The van der Waals surface area contributed by atoms with Crippen molar-refractivity contribution in [2.45, 2.75) is 33.7 Å². The SMILES string of the molecule is Cc1ccc(CNC(=O)c2cccc(C(=O)NCCC(C)C)c2)cc1. The van der Waals surface area contributed by atoms with Gasteiger partial charge < -0.3 is 10.6 Å². The topological polar surface area (TPSA) is 58.2 Å². The van der Waals surface area contributed by atoms with Crippen molar-refractivity contribution < 1.29 is 9.59 Å². The molecule has 2 rings (SSSR count). The summed E-state index contributed by atoms with van der Waals surface area (Å²) in [5, 5.41) is 5.78. The number of nitrogens with one attached hydrogen (secondary N) is 2. The van der Waals surface area contributed by atoms with E-state index in [1.807, 2.05) is 31.2 Å². The maximum Gasteiger partial charge on any atom is 0.251 e. The highest BCUT2D eigenvalue weighted by molar-refractivity contribution is 5.99. The summed E-state index contributed by atoms with van der Waals surface area (Å²) >= 11 is 0. The van der Waals surface area contributed by atoms with E-state index in [-0.39, 0.29) is 11.8 Å². The molecule has 0 atom stereocenters. The van der Waals surface area contributed by atoms with Crippen molar-refractivity contribution in [3.8, 4) is 0 Å². The molecule has 0 saturated carbocycles. The van der Waals surface area contributed by atoms with Crippen LogP contribution < -0.4 is 10.6 Å². The lowest BCUT2D eigenvalue weighted by molar-refractivity contribution is 0.0950. The highest BCUT2D eigenvalue weighted by Crippen LogP contribution is 2.07. The minimum Gasteiger partial charge on any atom is -0.352 e. The maximum atomic E-state index is 12.3. The van der Waals surface area contributed by atoms with Gasteiger partial charge in [-0.2, -0.15) is 0 Å². The van der Waals surface area contributed by atoms with Gasteiger partial charge in [-0.25, -0.2) is 0 Å². The van der Waals surface area contributed by atoms with E-state index in [0.29, 0.717) is 30.1 Å². The Morgan fingerprint density at radius 1 is 0.920 bits per heavy atom. The summed E-state index contributed by atoms with van der Waals surface area (Å²) < 4.78 is 0. The Labute approximate surface area is 149 Å². The zero-order valence-corrected chi connectivity index (χ0v) is 15.1. The molecule has 0 aliphatic heterocycles. The number of carbonyl (C=O) groups excluding carboxylic acids is 2. The maximum absolute atomic E-state index is 12.3. The highest BCUT2D eigenvalue weighted by Gasteiger charge is 2.10. The molecular weight excluding hydrogens is 312 g/mol. The largest absolute Gasteiger partial charge is 0.352 e. The molecule has 132 valence electrons. The third kappa shape index (κ3) is 6.07. The van der Waals surface area contributed by atoms with Crippen LogP contribution in [0.3, 0.4) is 0 Å². The minimum absolute atomic E-state index is 0.145. The van der Waals surface area contributed by atoms with Gasteiger partial charge in [0.2, 0.25) is 0 Å². The summed E-state index contributed by atoms with van der Waals surface area (Å²) in [6.45, 7) is 7.36. The fraction of sp³-hybridized carbons (Fsp3) is 0.333. The van der Waals surface area contributed by atoms with Gasteiger partial charge in [-0.1, -0.05) is 49.7 Å². The first kappa shape index (κ1) is 18.7. The number of hydrogen-bond donors (Lipinski definition) is 2. The number of hydrogen-bond acceptors (Lipinski definition) is 2. The van der Waals surface area contributed by atoms with Crippen LogP contribution in [0.15, 0.2) is 48.5 Å². The van der Waals surface area contributed by atoms with E-state index in [1.54, 1.807) is 24.3 Å². The molecule has 2 aromatic rings. The molecule has 0 heterocycles. The number of amides is 2. The Morgan fingerprint density at radius 3 is 2.12 bits per heavy atom. The van der Waals surface area contributed by atoms with Crippen LogP contribution >= 0.6 is 0 Å². The summed E-state index contributed by atoms with van der Waals surface area (Å²) in [5.41, 5.74) is 3.23. The fourth-order valence-electron chi connectivity index (χ4n) is 2.37. The average Bonchev–Trinajstić information content (AvgIpc) is 2.60. The summed E-state index contributed by atoms with van der Waals surface area (Å²) in [6.07, 6.45) is 0.933. The van der Waals surface area contributed by atoms with Gasteiger partial charge in [0, 0.05) is 24.2 Å². The van der Waals surface area contributed by atoms with Crippen LogP contribution in [0.25, 0.3) is 0 Å². The third-order valence-electron chi connectivity index (χ3n) is 3.97. The number of rotatable bonds is 7. The summed E-state index contributed by atoms with van der Waals surface area (Å²) in [5.74, 6) is 0.213. The zero-order valence-electron chi connectivity index (χ0n) is 15.1. The van der Waals surface area contributed by atoms with Gasteiger partial charge in [0.05, 0.1) is 0 Å². The van der Waals surface area contributed by atoms with Crippen molar-refractivity contribution in [1.82, 2.24) is 10.6 Å². The van der Waals surface area contributed by atoms with Crippen molar-refractivity contribution in [3.63, 3.8) is 0 Å². The van der Waals surface area contributed by atoms with Gasteiger partial charge in [-0.15, -0.1) is 0 Å². The van der Waals surface area contributed by atoms with Gasteiger partial charge in [0.25, 0.3) is 11.8 Å². The Hall–Kier alpha value is -2.62. The van der Waals surface area contributed by atoms with E-state index < -0.39 is 0 Å². The monoisotopic (exact) mass is 338 g/mol. The molecule has 25 heavy (non-hydrogen) atoms. The lowest BCUT2D eigenvalue weighted by atomic mass is 10.1. The first-order chi connectivity index (χ1) is 12.0. The van der Waals surface area contributed by atoms with Gasteiger partial charge in [-0.05, 0) is 43.0 Å². The molecule has 4 nitrogen and oxygen atoms in total. The van der Waals surface area contributed by atoms with Crippen molar-refractivity contribution >= 4 is 11.8 Å². The fourth-order valence-corrected chi connectivity index (χ4v) is 2.37. The van der Waals surface area contributed by atoms with E-state index >= 15 is 0 Å². The van der Waals surface area contributed by atoms with Crippen LogP contribution in [0.4, 0.5) is 0 Å². The molecular formula is C21H26N2O2. The van der Waals surface area contributed by atoms with Crippen LogP contribution in [0.5, 0.6) is 0 Å². The van der Waals surface area contributed by atoms with Gasteiger partial charge in [0.15, 0.2) is 0 Å². The standard InChI is InChI=1S/C21H26N2O2/c1-15(2)11-12-22-20(24)18-5-4-6-19(13-18)21(25)23-14-17-9-7-16(3)8-10-17/h4-10,13,15H,11-12,14H2,1-3H3,(H,22,24)(H,23,25). The van der Waals surface area contributed by atoms with E-state index in [0.717, 1.165) is 12.0 Å². The second-order valence-corrected chi connectivity index (χ2v) is 6.69. The summed E-state index contributed by atoms with van der Waals surface area (Å²) in [4.78, 5) is 24.5. The van der Waals surface area contributed by atoms with Crippen molar-refractivity contribution in [2.75, 3.05) is 6.54 Å². The number of aryl methyl sites for hydroxylation is 1. The lowest BCUT2D eigenvalue weighted by Gasteiger charge is -2.09. The predicted octanol–water partition coefficient (Wildman–Crippen LogP) is 3.70. The smallest absolute Gasteiger partial charge is 0.251 e. The van der Waals surface area contributed by atoms with E-state index in [4.69, 9.17) is 0 Å². The molecule has 0 saturated heterocycles. The molecule has 2 amide bonds. The van der Waals surface area contributed by atoms with Crippen LogP contribution in [-0.4, -0.2) is 18.4 Å². The van der Waals surface area contributed by atoms with E-state index in [1.165, 1.54) is 5.56 Å². The lowest BCUT2D eigenvalue weighted by Crippen LogP contribution is -2.26. The molecule has 2 aromatic carbocycles. The third-order valence-corrected chi connectivity index (χ3v) is 3.97. The van der Waals surface area contributed by atoms with Crippen LogP contribution in [-0.2, 0) is 6.54 Å². The zero-order chi connectivity index (χ0) is 18.2. The molecule has 4 heteroatoms. The number of benzene rings is 2. The normalized spacial score (nSPS) is 10.6. The first-order valence-electron chi connectivity index (χ1n) is 8.67. The van der Waals surface area contributed by atoms with Crippen molar-refractivity contribution in [2.24, 2.45) is 5.92 Å². The molecule has 0 aromatic heterocycles. The molecule has 0 aliphatic carbocycles. The Bertz CT molecular complexity index is 721. The second kappa shape index (κ2) is 9.02. The molecule has 0 spiro atoms. The van der Waals surface area contributed by atoms with Crippen LogP contribution in [0.1, 0.15) is 52.1 Å². The van der Waals surface area contributed by atoms with Crippen LogP contribution in [0.2, 0.25) is 0 Å². The Kier molecular flexibility index (Phi) is 6.75. The van der Waals surface area contributed by atoms with Gasteiger partial charge >= 0.3 is 0 Å². The van der Waals surface area contributed by atoms with Gasteiger partial charge in [-0.3, -0.25) is 9.59 Å². The van der Waals surface area contributed by atoms with Crippen LogP contribution in [0, 0.1) is 12.8 Å². The molecule has 2 N–H and O–H groups in total. The second-order valence-electron chi connectivity index (χ2n) is 6.69. The summed E-state index contributed by atoms with van der Waals surface area (Å²) in [7, 11) is 0. The molecule has 0 radical (unpaired) electrons. The molecule has 0 bridgehead atoms. The molecule has 0 fully saturated rings. The Balaban J connectivity index is 1.93. The van der Waals surface area contributed by atoms with E-state index in [2.05, 4.69) is 24.5 Å². The average molecular weight is 338 g/mol. The predicted molar refractivity (Wildman–Crippen MR) is 101 cm³/mol. The molecule has 0 aliphatic rings. The molecule has 0 unspecified atom stereocenters. The summed E-state index contributed by atoms with van der Waals surface area (Å²) in [6, 6.07) is 14.8. The quantitative estimate of drug-likeness (QED) is 0.809. The number of carbonyl (C=O) groups is 2. The van der Waals surface area contributed by atoms with E-state index in [9.17, 15) is 9.59 Å². The van der Waals surface area contributed by atoms with Crippen molar-refractivity contribution in [1.29, 1.82) is 0 Å². The Morgan fingerprint density at radius 2 is 1.52 bits per heavy atom. The minimum atomic E-state index is -0.183. The van der Waals surface area contributed by atoms with Gasteiger partial charge in [0.1, 0.15) is 0 Å². The van der Waals surface area contributed by atoms with Crippen molar-refractivity contribution in [3.05, 3.63) is 70.8 Å². The highest BCUT2D eigenvalue weighted by atomic mass is 16.2. The first-order valence-corrected chi connectivity index (χ1v) is 8.67.